The van der Waals surface area contributed by atoms with Crippen LogP contribution in [0.4, 0.5) is 4.39 Å². The second kappa shape index (κ2) is 8.67. The summed E-state index contributed by atoms with van der Waals surface area (Å²) in [5.74, 6) is -0.387. The molecule has 3 heterocycles. The van der Waals surface area contributed by atoms with Crippen molar-refractivity contribution in [2.45, 2.75) is 30.2 Å². The highest BCUT2D eigenvalue weighted by atomic mass is 32.2. The van der Waals surface area contributed by atoms with Gasteiger partial charge in [0.05, 0.1) is 11.4 Å². The zero-order valence-corrected chi connectivity index (χ0v) is 17.5. The molecular formula is C20H29FN4O3S. The van der Waals surface area contributed by atoms with Gasteiger partial charge in [-0.2, -0.15) is 4.31 Å². The number of rotatable bonds is 4. The average Bonchev–Trinajstić information content (AvgIpc) is 2.74. The summed E-state index contributed by atoms with van der Waals surface area (Å²) in [6.45, 7) is 5.80. The zero-order chi connectivity index (χ0) is 20.4. The fraction of sp³-hybridized carbons (Fsp3) is 0.650. The Morgan fingerprint density at radius 2 is 1.69 bits per heavy atom. The first-order valence-corrected chi connectivity index (χ1v) is 11.9. The lowest BCUT2D eigenvalue weighted by Gasteiger charge is -2.44. The van der Waals surface area contributed by atoms with Crippen molar-refractivity contribution in [1.29, 1.82) is 0 Å². The predicted octanol–water partition coefficient (Wildman–Crippen LogP) is 0.829. The Morgan fingerprint density at radius 1 is 0.966 bits per heavy atom. The fourth-order valence-corrected chi connectivity index (χ4v) is 6.01. The highest BCUT2D eigenvalue weighted by molar-refractivity contribution is 7.89. The van der Waals surface area contributed by atoms with Crippen molar-refractivity contribution in [1.82, 2.24) is 19.0 Å². The third kappa shape index (κ3) is 4.63. The van der Waals surface area contributed by atoms with Crippen LogP contribution in [0.1, 0.15) is 19.3 Å². The van der Waals surface area contributed by atoms with Gasteiger partial charge in [0.15, 0.2) is 0 Å². The van der Waals surface area contributed by atoms with Gasteiger partial charge in [-0.1, -0.05) is 6.42 Å². The highest BCUT2D eigenvalue weighted by Crippen LogP contribution is 2.22. The summed E-state index contributed by atoms with van der Waals surface area (Å²) >= 11 is 0. The summed E-state index contributed by atoms with van der Waals surface area (Å²) in [6.07, 6.45) is 3.76. The van der Waals surface area contributed by atoms with Gasteiger partial charge < -0.3 is 4.90 Å². The van der Waals surface area contributed by atoms with E-state index in [-0.39, 0.29) is 23.9 Å². The van der Waals surface area contributed by atoms with E-state index in [1.165, 1.54) is 42.2 Å². The van der Waals surface area contributed by atoms with Gasteiger partial charge in [0, 0.05) is 51.9 Å². The standard InChI is InChI=1S/C20H29FN4O3S/c21-17-4-6-19(7-5-17)29(27,28)25-13-11-24(12-14-25)20(26)16-22-9-10-23-8-2-1-3-18(23)15-22/h4-7,18H,1-3,8-16H2. The molecule has 160 valence electrons. The molecular weight excluding hydrogens is 395 g/mol. The van der Waals surface area contributed by atoms with Crippen LogP contribution in [0.3, 0.4) is 0 Å². The number of piperidine rings is 1. The molecule has 0 aliphatic carbocycles. The number of amides is 1. The number of carbonyl (C=O) groups is 1. The Balaban J connectivity index is 1.29. The average molecular weight is 425 g/mol. The summed E-state index contributed by atoms with van der Waals surface area (Å²) < 4.78 is 39.9. The van der Waals surface area contributed by atoms with E-state index in [1.807, 2.05) is 0 Å². The van der Waals surface area contributed by atoms with E-state index in [0.717, 1.165) is 31.8 Å². The van der Waals surface area contributed by atoms with Crippen LogP contribution in [0.25, 0.3) is 0 Å². The molecule has 1 aromatic rings. The van der Waals surface area contributed by atoms with Crippen molar-refractivity contribution < 1.29 is 17.6 Å². The molecule has 0 bridgehead atoms. The molecule has 1 amide bonds. The second-order valence-corrected chi connectivity index (χ2v) is 10.1. The first kappa shape index (κ1) is 20.7. The quantitative estimate of drug-likeness (QED) is 0.717. The van der Waals surface area contributed by atoms with Crippen molar-refractivity contribution in [3.63, 3.8) is 0 Å². The van der Waals surface area contributed by atoms with Crippen LogP contribution in [0.2, 0.25) is 0 Å². The normalized spacial score (nSPS) is 25.0. The number of piperazine rings is 2. The highest BCUT2D eigenvalue weighted by Gasteiger charge is 2.33. The van der Waals surface area contributed by atoms with Gasteiger partial charge in [-0.15, -0.1) is 0 Å². The molecule has 0 saturated carbocycles. The number of hydrogen-bond acceptors (Lipinski definition) is 5. The van der Waals surface area contributed by atoms with E-state index in [2.05, 4.69) is 9.80 Å². The Labute approximate surface area is 172 Å². The number of benzene rings is 1. The molecule has 0 N–H and O–H groups in total. The molecule has 3 fully saturated rings. The molecule has 1 atom stereocenters. The molecule has 0 aromatic heterocycles. The zero-order valence-electron chi connectivity index (χ0n) is 16.7. The van der Waals surface area contributed by atoms with Crippen LogP contribution in [0.15, 0.2) is 29.2 Å². The van der Waals surface area contributed by atoms with Crippen LogP contribution in [0, 0.1) is 5.82 Å². The molecule has 3 aliphatic heterocycles. The Morgan fingerprint density at radius 3 is 2.41 bits per heavy atom. The number of nitrogens with zero attached hydrogens (tertiary/aromatic N) is 4. The number of fused-ring (bicyclic) bond motifs is 1. The van der Waals surface area contributed by atoms with Gasteiger partial charge in [-0.3, -0.25) is 14.6 Å². The monoisotopic (exact) mass is 424 g/mol. The molecule has 9 heteroatoms. The minimum atomic E-state index is -3.66. The van der Waals surface area contributed by atoms with E-state index < -0.39 is 15.8 Å². The Bertz CT molecular complexity index is 825. The maximum Gasteiger partial charge on any atom is 0.243 e. The maximum atomic E-state index is 13.1. The number of hydrogen-bond donors (Lipinski definition) is 0. The molecule has 3 aliphatic rings. The maximum absolute atomic E-state index is 13.1. The Hall–Kier alpha value is -1.55. The summed E-state index contributed by atoms with van der Waals surface area (Å²) in [7, 11) is -3.66. The molecule has 0 spiro atoms. The van der Waals surface area contributed by atoms with Gasteiger partial charge in [0.2, 0.25) is 15.9 Å². The summed E-state index contributed by atoms with van der Waals surface area (Å²) in [5, 5.41) is 0. The van der Waals surface area contributed by atoms with E-state index in [9.17, 15) is 17.6 Å². The van der Waals surface area contributed by atoms with Crippen LogP contribution in [0.5, 0.6) is 0 Å². The lowest BCUT2D eigenvalue weighted by molar-refractivity contribution is -0.134. The first-order valence-electron chi connectivity index (χ1n) is 10.4. The second-order valence-electron chi connectivity index (χ2n) is 8.16. The topological polar surface area (TPSA) is 64.2 Å². The van der Waals surface area contributed by atoms with Gasteiger partial charge in [-0.05, 0) is 43.7 Å². The lowest BCUT2D eigenvalue weighted by atomic mass is 9.99. The minimum absolute atomic E-state index is 0.0769. The van der Waals surface area contributed by atoms with Crippen molar-refractivity contribution in [2.75, 3.05) is 58.9 Å². The third-order valence-corrected chi connectivity index (χ3v) is 8.24. The SMILES string of the molecule is O=C(CN1CCN2CCCCC2C1)N1CCN(S(=O)(=O)c2ccc(F)cc2)CC1. The van der Waals surface area contributed by atoms with Crippen LogP contribution < -0.4 is 0 Å². The van der Waals surface area contributed by atoms with Crippen molar-refractivity contribution in [3.8, 4) is 0 Å². The van der Waals surface area contributed by atoms with Crippen LogP contribution in [-0.4, -0.2) is 98.3 Å². The van der Waals surface area contributed by atoms with Crippen molar-refractivity contribution >= 4 is 15.9 Å². The van der Waals surface area contributed by atoms with Crippen LogP contribution in [-0.2, 0) is 14.8 Å². The number of carbonyl (C=O) groups excluding carboxylic acids is 1. The molecule has 7 nitrogen and oxygen atoms in total. The van der Waals surface area contributed by atoms with Gasteiger partial charge >= 0.3 is 0 Å². The third-order valence-electron chi connectivity index (χ3n) is 6.32. The predicted molar refractivity (Wildman–Crippen MR) is 107 cm³/mol. The van der Waals surface area contributed by atoms with E-state index >= 15 is 0 Å². The first-order chi connectivity index (χ1) is 13.9. The van der Waals surface area contributed by atoms with Crippen LogP contribution >= 0.6 is 0 Å². The number of sulfonamides is 1. The smallest absolute Gasteiger partial charge is 0.243 e. The van der Waals surface area contributed by atoms with Gasteiger partial charge in [0.25, 0.3) is 0 Å². The van der Waals surface area contributed by atoms with Crippen molar-refractivity contribution in [3.05, 3.63) is 30.1 Å². The Kier molecular flexibility index (Phi) is 6.19. The van der Waals surface area contributed by atoms with Gasteiger partial charge in [-0.25, -0.2) is 12.8 Å². The summed E-state index contributed by atoms with van der Waals surface area (Å²) in [6, 6.07) is 5.44. The molecule has 3 saturated heterocycles. The molecule has 1 unspecified atom stereocenters. The molecule has 1 aromatic carbocycles. The van der Waals surface area contributed by atoms with E-state index in [4.69, 9.17) is 0 Å². The largest absolute Gasteiger partial charge is 0.339 e. The van der Waals surface area contributed by atoms with E-state index in [0.29, 0.717) is 25.7 Å². The van der Waals surface area contributed by atoms with E-state index in [1.54, 1.807) is 4.90 Å². The molecule has 29 heavy (non-hydrogen) atoms. The summed E-state index contributed by atoms with van der Waals surface area (Å²) in [5.41, 5.74) is 0. The fourth-order valence-electron chi connectivity index (χ4n) is 4.59. The number of halogens is 1. The van der Waals surface area contributed by atoms with Crippen molar-refractivity contribution in [2.24, 2.45) is 0 Å². The summed E-state index contributed by atoms with van der Waals surface area (Å²) in [4.78, 5) is 19.4. The lowest BCUT2D eigenvalue weighted by Crippen LogP contribution is -2.57. The van der Waals surface area contributed by atoms with Gasteiger partial charge in [0.1, 0.15) is 5.82 Å². The minimum Gasteiger partial charge on any atom is -0.339 e. The molecule has 0 radical (unpaired) electrons. The molecule has 4 rings (SSSR count).